The van der Waals surface area contributed by atoms with Crippen molar-refractivity contribution in [3.8, 4) is 6.07 Å². The van der Waals surface area contributed by atoms with Gasteiger partial charge in [-0.05, 0) is 63.6 Å². The number of hydrogen-bond acceptors (Lipinski definition) is 9. The summed E-state index contributed by atoms with van der Waals surface area (Å²) in [5.74, 6) is 1.26. The van der Waals surface area contributed by atoms with Crippen LogP contribution in [0.15, 0.2) is 30.9 Å². The first-order valence-electron chi connectivity index (χ1n) is 15.7. The highest BCUT2D eigenvalue weighted by atomic mass is 19.1. The lowest BCUT2D eigenvalue weighted by atomic mass is 9.88. The highest BCUT2D eigenvalue weighted by Crippen LogP contribution is 2.37. The Kier molecular flexibility index (Phi) is 8.74. The van der Waals surface area contributed by atoms with E-state index in [-0.39, 0.29) is 42.4 Å². The molecule has 1 aromatic heterocycles. The van der Waals surface area contributed by atoms with Gasteiger partial charge in [0.25, 0.3) is 0 Å². The average molecular weight is 603 g/mol. The topological polar surface area (TPSA) is 92.1 Å². The van der Waals surface area contributed by atoms with Crippen LogP contribution in [-0.4, -0.2) is 110 Å². The first kappa shape index (κ1) is 30.3. The number of methoxy groups -OCH3 is 1. The fourth-order valence-corrected chi connectivity index (χ4v) is 7.57. The molecular weight excluding hydrogens is 559 g/mol. The van der Waals surface area contributed by atoms with Crippen LogP contribution in [0.3, 0.4) is 0 Å². The Bertz CT molecular complexity index is 1440. The van der Waals surface area contributed by atoms with Gasteiger partial charge < -0.3 is 29.2 Å². The lowest BCUT2D eigenvalue weighted by Crippen LogP contribution is -2.55. The Morgan fingerprint density at radius 3 is 2.75 bits per heavy atom. The molecule has 11 heteroatoms. The Labute approximate surface area is 259 Å². The van der Waals surface area contributed by atoms with E-state index < -0.39 is 0 Å². The summed E-state index contributed by atoms with van der Waals surface area (Å²) in [5, 5.41) is 9.58. The Morgan fingerprint density at radius 2 is 2.02 bits per heavy atom. The second-order valence-electron chi connectivity index (χ2n) is 12.6. The van der Waals surface area contributed by atoms with Crippen LogP contribution in [0.25, 0.3) is 0 Å². The molecule has 3 aliphatic heterocycles. The van der Waals surface area contributed by atoms with Crippen molar-refractivity contribution < 1.29 is 13.9 Å². The van der Waals surface area contributed by atoms with Crippen LogP contribution in [0.1, 0.15) is 36.1 Å². The number of aryl methyl sites for hydroxylation is 1. The number of amides is 1. The first-order chi connectivity index (χ1) is 21.3. The van der Waals surface area contributed by atoms with Gasteiger partial charge in [0.15, 0.2) is 0 Å². The molecule has 1 amide bonds. The standard InChI is InChI=1S/C33H43FN8O2/c1-5-31(43)42-16-15-39(19-25(42)12-13-35)32-26-11-10-24(41-14-6-7-22-8-9-23(34)17-28(22)41)18-27(26)36-33(37-32)40-20-29(38(2)3)30(21-40)44-4/h5,8-9,17,24-25,29-30H,1,6-7,10-12,14-16,18-21H2,2-4H3. The molecule has 4 heterocycles. The molecule has 44 heavy (non-hydrogen) atoms. The molecule has 4 unspecified atom stereocenters. The molecular formula is C33H43FN8O2. The van der Waals surface area contributed by atoms with E-state index in [0.29, 0.717) is 32.1 Å². The van der Waals surface area contributed by atoms with Gasteiger partial charge in [-0.3, -0.25) is 4.79 Å². The fraction of sp³-hybridized carbons (Fsp3) is 0.576. The summed E-state index contributed by atoms with van der Waals surface area (Å²) in [5.41, 5.74) is 4.40. The van der Waals surface area contributed by atoms with Crippen molar-refractivity contribution in [1.82, 2.24) is 19.8 Å². The largest absolute Gasteiger partial charge is 0.378 e. The van der Waals surface area contributed by atoms with Crippen molar-refractivity contribution in [2.45, 2.75) is 62.8 Å². The summed E-state index contributed by atoms with van der Waals surface area (Å²) in [4.78, 5) is 33.9. The lowest BCUT2D eigenvalue weighted by Gasteiger charge is -2.43. The van der Waals surface area contributed by atoms with E-state index in [4.69, 9.17) is 14.7 Å². The summed E-state index contributed by atoms with van der Waals surface area (Å²) in [6.45, 7) is 7.67. The summed E-state index contributed by atoms with van der Waals surface area (Å²) in [6.07, 6.45) is 6.12. The van der Waals surface area contributed by atoms with Crippen LogP contribution in [0.2, 0.25) is 0 Å². The number of ether oxygens (including phenoxy) is 1. The molecule has 0 saturated carbocycles. The third kappa shape index (κ3) is 5.73. The highest BCUT2D eigenvalue weighted by Gasteiger charge is 2.39. The third-order valence-corrected chi connectivity index (χ3v) is 9.91. The maximum Gasteiger partial charge on any atom is 0.246 e. The summed E-state index contributed by atoms with van der Waals surface area (Å²) >= 11 is 0. The fourth-order valence-electron chi connectivity index (χ4n) is 7.57. The number of nitrogens with zero attached hydrogens (tertiary/aromatic N) is 8. The minimum absolute atomic E-state index is 0.0362. The number of halogens is 1. The smallest absolute Gasteiger partial charge is 0.246 e. The van der Waals surface area contributed by atoms with Crippen molar-refractivity contribution in [2.75, 3.05) is 75.2 Å². The molecule has 2 saturated heterocycles. The second-order valence-corrected chi connectivity index (χ2v) is 12.6. The predicted octanol–water partition coefficient (Wildman–Crippen LogP) is 2.81. The maximum absolute atomic E-state index is 14.4. The van der Waals surface area contributed by atoms with Crippen molar-refractivity contribution in [3.05, 3.63) is 53.5 Å². The van der Waals surface area contributed by atoms with E-state index in [1.807, 2.05) is 6.07 Å². The predicted molar refractivity (Wildman–Crippen MR) is 169 cm³/mol. The summed E-state index contributed by atoms with van der Waals surface area (Å²) in [6, 6.07) is 7.64. The van der Waals surface area contributed by atoms with Gasteiger partial charge in [-0.25, -0.2) is 9.37 Å². The number of likely N-dealkylation sites (N-methyl/N-ethyl adjacent to an activating group) is 1. The number of carbonyl (C=O) groups is 1. The molecule has 2 aromatic rings. The van der Waals surface area contributed by atoms with Crippen molar-refractivity contribution in [1.29, 1.82) is 5.26 Å². The molecule has 4 aliphatic rings. The van der Waals surface area contributed by atoms with Gasteiger partial charge in [-0.2, -0.15) is 10.2 Å². The van der Waals surface area contributed by atoms with Gasteiger partial charge in [0, 0.05) is 70.1 Å². The van der Waals surface area contributed by atoms with Gasteiger partial charge in [0.2, 0.25) is 11.9 Å². The van der Waals surface area contributed by atoms with E-state index in [2.05, 4.69) is 46.3 Å². The van der Waals surface area contributed by atoms with E-state index in [9.17, 15) is 14.4 Å². The quantitative estimate of drug-likeness (QED) is 0.444. The van der Waals surface area contributed by atoms with Gasteiger partial charge >= 0.3 is 0 Å². The molecule has 1 aliphatic carbocycles. The molecule has 2 fully saturated rings. The van der Waals surface area contributed by atoms with E-state index in [1.54, 1.807) is 24.1 Å². The second kappa shape index (κ2) is 12.7. The van der Waals surface area contributed by atoms with Crippen molar-refractivity contribution in [3.63, 3.8) is 0 Å². The summed E-state index contributed by atoms with van der Waals surface area (Å²) in [7, 11) is 5.90. The normalized spacial score (nSPS) is 25.1. The SMILES string of the molecule is C=CC(=O)N1CCN(c2nc(N3CC(OC)C(N(C)C)C3)nc3c2CCC(N2CCCc4ccc(F)cc42)C3)CC1CC#N. The van der Waals surface area contributed by atoms with Gasteiger partial charge in [-0.1, -0.05) is 12.6 Å². The number of rotatable bonds is 7. The van der Waals surface area contributed by atoms with Gasteiger partial charge in [0.1, 0.15) is 11.6 Å². The molecule has 10 nitrogen and oxygen atoms in total. The van der Waals surface area contributed by atoms with Crippen LogP contribution in [0.5, 0.6) is 0 Å². The zero-order chi connectivity index (χ0) is 31.0. The molecule has 4 atom stereocenters. The number of anilines is 3. The van der Waals surface area contributed by atoms with Gasteiger partial charge in [-0.15, -0.1) is 0 Å². The highest BCUT2D eigenvalue weighted by molar-refractivity contribution is 5.87. The Balaban J connectivity index is 1.36. The average Bonchev–Trinajstić information content (AvgIpc) is 3.49. The number of piperazine rings is 1. The van der Waals surface area contributed by atoms with Crippen molar-refractivity contribution in [2.24, 2.45) is 0 Å². The minimum atomic E-state index is -0.243. The Hall–Kier alpha value is -3.75. The number of nitriles is 1. The van der Waals surface area contributed by atoms with E-state index >= 15 is 0 Å². The van der Waals surface area contributed by atoms with E-state index in [0.717, 1.165) is 68.0 Å². The lowest BCUT2D eigenvalue weighted by molar-refractivity contribution is -0.128. The van der Waals surface area contributed by atoms with Crippen LogP contribution in [-0.2, 0) is 28.8 Å². The maximum atomic E-state index is 14.4. The molecule has 1 aromatic carbocycles. The summed E-state index contributed by atoms with van der Waals surface area (Å²) < 4.78 is 20.2. The van der Waals surface area contributed by atoms with Crippen LogP contribution in [0, 0.1) is 17.1 Å². The van der Waals surface area contributed by atoms with Crippen LogP contribution < -0.4 is 14.7 Å². The van der Waals surface area contributed by atoms with E-state index in [1.165, 1.54) is 11.6 Å². The number of fused-ring (bicyclic) bond motifs is 2. The monoisotopic (exact) mass is 602 g/mol. The number of hydrogen-bond donors (Lipinski definition) is 0. The molecule has 234 valence electrons. The third-order valence-electron chi connectivity index (χ3n) is 9.91. The number of carbonyl (C=O) groups excluding carboxylic acids is 1. The minimum Gasteiger partial charge on any atom is -0.378 e. The molecule has 0 spiro atoms. The zero-order valence-electron chi connectivity index (χ0n) is 26.1. The zero-order valence-corrected chi connectivity index (χ0v) is 26.1. The number of aromatic nitrogens is 2. The number of benzene rings is 1. The van der Waals surface area contributed by atoms with Crippen LogP contribution in [0.4, 0.5) is 21.8 Å². The Morgan fingerprint density at radius 1 is 1.18 bits per heavy atom. The molecule has 6 rings (SSSR count). The van der Waals surface area contributed by atoms with Crippen molar-refractivity contribution >= 4 is 23.4 Å². The van der Waals surface area contributed by atoms with Crippen LogP contribution >= 0.6 is 0 Å². The molecule has 0 radical (unpaired) electrons. The molecule has 0 N–H and O–H groups in total. The van der Waals surface area contributed by atoms with Gasteiger partial charge in [0.05, 0.1) is 36.4 Å². The molecule has 0 bridgehead atoms. The first-order valence-corrected chi connectivity index (χ1v) is 15.7.